The number of hydrogen-bond acceptors (Lipinski definition) is 3. The minimum atomic E-state index is 0.918. The molecule has 0 aliphatic carbocycles. The molecular weight excluding hydrogens is 236 g/mol. The molecule has 2 rings (SSSR count). The van der Waals surface area contributed by atoms with E-state index in [9.17, 15) is 0 Å². The van der Waals surface area contributed by atoms with Crippen molar-refractivity contribution >= 4 is 11.4 Å². The molecule has 1 aromatic carbocycles. The Labute approximate surface area is 115 Å². The number of aromatic nitrogens is 2. The largest absolute Gasteiger partial charge is 0.385 e. The Bertz CT molecular complexity index is 543. The first-order valence-electron chi connectivity index (χ1n) is 6.55. The first-order valence-corrected chi connectivity index (χ1v) is 6.55. The van der Waals surface area contributed by atoms with Crippen LogP contribution >= 0.6 is 0 Å². The van der Waals surface area contributed by atoms with Crippen molar-refractivity contribution in [3.05, 3.63) is 41.7 Å². The summed E-state index contributed by atoms with van der Waals surface area (Å²) in [7, 11) is 6.09. The van der Waals surface area contributed by atoms with E-state index in [0.29, 0.717) is 0 Å². The van der Waals surface area contributed by atoms with Gasteiger partial charge in [0, 0.05) is 45.3 Å². The van der Waals surface area contributed by atoms with Crippen molar-refractivity contribution in [3.63, 3.8) is 0 Å². The number of hydrogen-bond donors (Lipinski definition) is 1. The number of nitrogens with one attached hydrogen (secondary N) is 1. The average Bonchev–Trinajstić information content (AvgIpc) is 2.77. The van der Waals surface area contributed by atoms with Gasteiger partial charge < -0.3 is 10.2 Å². The van der Waals surface area contributed by atoms with Crippen LogP contribution in [0.4, 0.5) is 11.4 Å². The van der Waals surface area contributed by atoms with Gasteiger partial charge in [0.15, 0.2) is 0 Å². The summed E-state index contributed by atoms with van der Waals surface area (Å²) in [6.07, 6.45) is 4.96. The molecule has 0 radical (unpaired) electrons. The molecule has 0 spiro atoms. The topological polar surface area (TPSA) is 33.1 Å². The van der Waals surface area contributed by atoms with Gasteiger partial charge in [-0.3, -0.25) is 4.68 Å². The van der Waals surface area contributed by atoms with Crippen molar-refractivity contribution in [3.8, 4) is 0 Å². The molecule has 4 heteroatoms. The molecule has 0 unspecified atom stereocenters. The van der Waals surface area contributed by atoms with Gasteiger partial charge in [-0.1, -0.05) is 6.07 Å². The van der Waals surface area contributed by atoms with Crippen molar-refractivity contribution in [1.29, 1.82) is 0 Å². The summed E-state index contributed by atoms with van der Waals surface area (Å²) in [4.78, 5) is 2.14. The van der Waals surface area contributed by atoms with Crippen molar-refractivity contribution in [2.45, 2.75) is 13.3 Å². The molecule has 0 amide bonds. The quantitative estimate of drug-likeness (QED) is 0.894. The summed E-state index contributed by atoms with van der Waals surface area (Å²) in [5, 5.41) is 7.63. The summed E-state index contributed by atoms with van der Waals surface area (Å²) >= 11 is 0. The highest BCUT2D eigenvalue weighted by atomic mass is 15.2. The summed E-state index contributed by atoms with van der Waals surface area (Å²) in [6, 6.07) is 6.48. The molecule has 19 heavy (non-hydrogen) atoms. The minimum Gasteiger partial charge on any atom is -0.385 e. The molecule has 1 heterocycles. The molecule has 2 aromatic rings. The zero-order chi connectivity index (χ0) is 13.8. The van der Waals surface area contributed by atoms with E-state index in [1.165, 1.54) is 16.8 Å². The molecule has 1 aromatic heterocycles. The van der Waals surface area contributed by atoms with Gasteiger partial charge in [0.25, 0.3) is 0 Å². The maximum Gasteiger partial charge on any atom is 0.0522 e. The van der Waals surface area contributed by atoms with E-state index in [1.807, 2.05) is 17.9 Å². The molecule has 0 saturated carbocycles. The molecule has 4 nitrogen and oxygen atoms in total. The average molecular weight is 258 g/mol. The molecule has 0 saturated heterocycles. The Kier molecular flexibility index (Phi) is 4.10. The predicted octanol–water partition coefficient (Wildman–Crippen LogP) is 2.45. The van der Waals surface area contributed by atoms with Gasteiger partial charge in [0.05, 0.1) is 6.20 Å². The lowest BCUT2D eigenvalue weighted by Gasteiger charge is -2.17. The van der Waals surface area contributed by atoms with Crippen LogP contribution in [0.3, 0.4) is 0 Å². The highest BCUT2D eigenvalue weighted by molar-refractivity contribution is 5.61. The van der Waals surface area contributed by atoms with Gasteiger partial charge in [-0.25, -0.2) is 0 Å². The molecule has 102 valence electrons. The lowest BCUT2D eigenvalue weighted by Crippen LogP contribution is -2.11. The van der Waals surface area contributed by atoms with E-state index in [2.05, 4.69) is 60.7 Å². The second-order valence-corrected chi connectivity index (χ2v) is 5.09. The van der Waals surface area contributed by atoms with Gasteiger partial charge >= 0.3 is 0 Å². The smallest absolute Gasteiger partial charge is 0.0522 e. The molecule has 0 aliphatic heterocycles. The Balaban J connectivity index is 1.94. The van der Waals surface area contributed by atoms with Crippen LogP contribution in [0.5, 0.6) is 0 Å². The van der Waals surface area contributed by atoms with E-state index in [0.717, 1.165) is 18.7 Å². The number of anilines is 2. The van der Waals surface area contributed by atoms with Crippen LogP contribution in [-0.4, -0.2) is 30.4 Å². The maximum absolute atomic E-state index is 4.17. The Morgan fingerprint density at radius 2 is 2.11 bits per heavy atom. The van der Waals surface area contributed by atoms with Gasteiger partial charge in [-0.2, -0.15) is 5.10 Å². The molecule has 1 N–H and O–H groups in total. The zero-order valence-corrected chi connectivity index (χ0v) is 12.1. The van der Waals surface area contributed by atoms with Crippen LogP contribution in [0, 0.1) is 6.92 Å². The highest BCUT2D eigenvalue weighted by Gasteiger charge is 2.02. The van der Waals surface area contributed by atoms with Gasteiger partial charge in [-0.15, -0.1) is 0 Å². The fourth-order valence-electron chi connectivity index (χ4n) is 2.15. The first-order chi connectivity index (χ1) is 9.06. The second-order valence-electron chi connectivity index (χ2n) is 5.09. The monoisotopic (exact) mass is 258 g/mol. The number of benzene rings is 1. The van der Waals surface area contributed by atoms with Gasteiger partial charge in [0.1, 0.15) is 0 Å². The Morgan fingerprint density at radius 3 is 2.74 bits per heavy atom. The second kappa shape index (κ2) is 5.78. The minimum absolute atomic E-state index is 0.918. The van der Waals surface area contributed by atoms with Gasteiger partial charge in [0.2, 0.25) is 0 Å². The predicted molar refractivity (Wildman–Crippen MR) is 80.9 cm³/mol. The molecule has 0 aliphatic rings. The summed E-state index contributed by atoms with van der Waals surface area (Å²) in [5.41, 5.74) is 4.97. The van der Waals surface area contributed by atoms with Gasteiger partial charge in [-0.05, 0) is 36.6 Å². The van der Waals surface area contributed by atoms with Crippen LogP contribution in [-0.2, 0) is 13.5 Å². The normalized spacial score (nSPS) is 10.5. The Hall–Kier alpha value is -1.97. The number of aryl methyl sites for hydroxylation is 2. The third-order valence-corrected chi connectivity index (χ3v) is 3.19. The Morgan fingerprint density at radius 1 is 1.32 bits per heavy atom. The summed E-state index contributed by atoms with van der Waals surface area (Å²) < 4.78 is 1.84. The van der Waals surface area contributed by atoms with Crippen LogP contribution < -0.4 is 10.2 Å². The lowest BCUT2D eigenvalue weighted by atomic mass is 10.1. The van der Waals surface area contributed by atoms with E-state index in [4.69, 9.17) is 0 Å². The van der Waals surface area contributed by atoms with Crippen LogP contribution in [0.15, 0.2) is 30.6 Å². The third-order valence-electron chi connectivity index (χ3n) is 3.19. The molecular formula is C15H22N4. The number of nitrogens with zero attached hydrogens (tertiary/aromatic N) is 3. The van der Waals surface area contributed by atoms with Crippen molar-refractivity contribution < 1.29 is 0 Å². The van der Waals surface area contributed by atoms with E-state index >= 15 is 0 Å². The third kappa shape index (κ3) is 3.50. The van der Waals surface area contributed by atoms with Crippen molar-refractivity contribution in [1.82, 2.24) is 9.78 Å². The lowest BCUT2D eigenvalue weighted by molar-refractivity contribution is 0.767. The van der Waals surface area contributed by atoms with Crippen molar-refractivity contribution in [2.24, 2.45) is 7.05 Å². The molecule has 0 bridgehead atoms. The van der Waals surface area contributed by atoms with E-state index < -0.39 is 0 Å². The SMILES string of the molecule is Cc1ccc(NCCc2cnn(C)c2)cc1N(C)C. The van der Waals surface area contributed by atoms with Crippen LogP contribution in [0.1, 0.15) is 11.1 Å². The fourth-order valence-corrected chi connectivity index (χ4v) is 2.15. The maximum atomic E-state index is 4.17. The zero-order valence-electron chi connectivity index (χ0n) is 12.1. The van der Waals surface area contributed by atoms with Crippen molar-refractivity contribution in [2.75, 3.05) is 30.9 Å². The molecule has 0 atom stereocenters. The highest BCUT2D eigenvalue weighted by Crippen LogP contribution is 2.22. The summed E-state index contributed by atoms with van der Waals surface area (Å²) in [6.45, 7) is 3.05. The molecule has 0 fully saturated rings. The number of rotatable bonds is 5. The standard InChI is InChI=1S/C15H22N4/c1-12-5-6-14(9-15(12)18(2)3)16-8-7-13-10-17-19(4)11-13/h5-6,9-11,16H,7-8H2,1-4H3. The van der Waals surface area contributed by atoms with Crippen LogP contribution in [0.2, 0.25) is 0 Å². The van der Waals surface area contributed by atoms with E-state index in [1.54, 1.807) is 0 Å². The fraction of sp³-hybridized carbons (Fsp3) is 0.400. The van der Waals surface area contributed by atoms with Crippen LogP contribution in [0.25, 0.3) is 0 Å². The van der Waals surface area contributed by atoms with E-state index in [-0.39, 0.29) is 0 Å². The summed E-state index contributed by atoms with van der Waals surface area (Å²) in [5.74, 6) is 0. The first kappa shape index (κ1) is 13.5.